The Morgan fingerprint density at radius 2 is 2.12 bits per heavy atom. The van der Waals surface area contributed by atoms with Crippen molar-refractivity contribution in [3.05, 3.63) is 24.3 Å². The lowest BCUT2D eigenvalue weighted by molar-refractivity contribution is -0.121. The molecular weight excluding hydrogens is 336 g/mol. The van der Waals surface area contributed by atoms with Crippen LogP contribution in [0.1, 0.15) is 27.7 Å². The van der Waals surface area contributed by atoms with Crippen molar-refractivity contribution < 1.29 is 4.79 Å². The fourth-order valence-corrected chi connectivity index (χ4v) is 3.26. The number of nitriles is 1. The fraction of sp³-hybridized carbons (Fsp3) is 0.412. The van der Waals surface area contributed by atoms with Crippen LogP contribution in [0, 0.1) is 17.2 Å². The third-order valence-corrected chi connectivity index (χ3v) is 5.48. The number of H-pyrrole nitrogens is 1. The average molecular weight is 356 g/mol. The number of imidazole rings is 1. The fourth-order valence-electron chi connectivity index (χ4n) is 2.39. The number of carbonyl (C=O) groups is 1. The van der Waals surface area contributed by atoms with Gasteiger partial charge in [0.25, 0.3) is 0 Å². The van der Waals surface area contributed by atoms with Crippen molar-refractivity contribution in [2.45, 2.75) is 43.6 Å². The summed E-state index contributed by atoms with van der Waals surface area (Å²) in [5.74, 6) is 0.456. The molecule has 2 atom stereocenters. The van der Waals surface area contributed by atoms with Gasteiger partial charge in [-0.3, -0.25) is 9.20 Å². The van der Waals surface area contributed by atoms with E-state index >= 15 is 0 Å². The SMILES string of the molecule is CC(Sc1n[nH]c2nc3ccccc3n12)C(=O)NC(C)(C#N)C(C)C. The van der Waals surface area contributed by atoms with Gasteiger partial charge in [0.05, 0.1) is 22.4 Å². The van der Waals surface area contributed by atoms with Gasteiger partial charge in [0.2, 0.25) is 11.7 Å². The highest BCUT2D eigenvalue weighted by Gasteiger charge is 2.32. The van der Waals surface area contributed by atoms with Gasteiger partial charge in [-0.1, -0.05) is 37.7 Å². The van der Waals surface area contributed by atoms with E-state index in [-0.39, 0.29) is 11.8 Å². The van der Waals surface area contributed by atoms with Crippen LogP contribution in [0.5, 0.6) is 0 Å². The van der Waals surface area contributed by atoms with E-state index in [1.54, 1.807) is 13.8 Å². The number of aromatic amines is 1. The van der Waals surface area contributed by atoms with Gasteiger partial charge in [0.1, 0.15) is 5.54 Å². The molecule has 3 rings (SSSR count). The van der Waals surface area contributed by atoms with Crippen LogP contribution < -0.4 is 5.32 Å². The van der Waals surface area contributed by atoms with E-state index in [0.717, 1.165) is 11.0 Å². The molecule has 1 aromatic carbocycles. The van der Waals surface area contributed by atoms with E-state index in [1.165, 1.54) is 11.8 Å². The minimum atomic E-state index is -0.894. The normalized spacial score (nSPS) is 15.2. The molecule has 0 aliphatic carbocycles. The molecule has 0 radical (unpaired) electrons. The van der Waals surface area contributed by atoms with Crippen molar-refractivity contribution in [2.75, 3.05) is 0 Å². The second-order valence-corrected chi connectivity index (χ2v) is 7.79. The van der Waals surface area contributed by atoms with E-state index in [2.05, 4.69) is 26.6 Å². The van der Waals surface area contributed by atoms with Crippen LogP contribution in [-0.4, -0.2) is 36.3 Å². The molecule has 3 aromatic rings. The number of nitrogens with zero attached hydrogens (tertiary/aromatic N) is 4. The Bertz CT molecular complexity index is 968. The number of hydrogen-bond acceptors (Lipinski definition) is 5. The first-order chi connectivity index (χ1) is 11.9. The summed E-state index contributed by atoms with van der Waals surface area (Å²) in [6, 6.07) is 9.96. The van der Waals surface area contributed by atoms with Gasteiger partial charge in [0, 0.05) is 0 Å². The summed E-state index contributed by atoms with van der Waals surface area (Å²) in [5, 5.41) is 19.7. The molecule has 2 aromatic heterocycles. The zero-order valence-corrected chi connectivity index (χ0v) is 15.4. The first-order valence-electron chi connectivity index (χ1n) is 8.07. The molecule has 0 aliphatic rings. The van der Waals surface area contributed by atoms with Crippen molar-refractivity contribution in [1.82, 2.24) is 24.9 Å². The quantitative estimate of drug-likeness (QED) is 0.685. The lowest BCUT2D eigenvalue weighted by Crippen LogP contribution is -2.51. The molecule has 7 nitrogen and oxygen atoms in total. The lowest BCUT2D eigenvalue weighted by Gasteiger charge is -2.28. The number of nitrogens with one attached hydrogen (secondary N) is 2. The summed E-state index contributed by atoms with van der Waals surface area (Å²) >= 11 is 1.33. The van der Waals surface area contributed by atoms with Gasteiger partial charge in [-0.05, 0) is 31.9 Å². The van der Waals surface area contributed by atoms with Crippen molar-refractivity contribution in [3.63, 3.8) is 0 Å². The van der Waals surface area contributed by atoms with E-state index in [0.29, 0.717) is 10.9 Å². The van der Waals surface area contributed by atoms with Crippen LogP contribution in [0.15, 0.2) is 29.4 Å². The molecule has 0 spiro atoms. The predicted octanol–water partition coefficient (Wildman–Crippen LogP) is 2.75. The Morgan fingerprint density at radius 3 is 2.80 bits per heavy atom. The summed E-state index contributed by atoms with van der Waals surface area (Å²) in [6.45, 7) is 7.37. The first kappa shape index (κ1) is 17.3. The molecule has 0 fully saturated rings. The minimum Gasteiger partial charge on any atom is -0.337 e. The van der Waals surface area contributed by atoms with Crippen molar-refractivity contribution in [2.24, 2.45) is 5.92 Å². The van der Waals surface area contributed by atoms with Gasteiger partial charge in [-0.2, -0.15) is 5.26 Å². The number of thioether (sulfide) groups is 1. The lowest BCUT2D eigenvalue weighted by atomic mass is 9.90. The number of carbonyl (C=O) groups excluding carboxylic acids is 1. The van der Waals surface area contributed by atoms with E-state index in [1.807, 2.05) is 42.5 Å². The summed E-state index contributed by atoms with van der Waals surface area (Å²) in [6.07, 6.45) is 0. The predicted molar refractivity (Wildman–Crippen MR) is 97.2 cm³/mol. The molecular formula is C17H20N6OS. The van der Waals surface area contributed by atoms with E-state index < -0.39 is 10.8 Å². The molecule has 0 saturated heterocycles. The molecule has 130 valence electrons. The second-order valence-electron chi connectivity index (χ2n) is 6.48. The second kappa shape index (κ2) is 6.41. The van der Waals surface area contributed by atoms with Crippen LogP contribution in [-0.2, 0) is 4.79 Å². The number of para-hydroxylation sites is 2. The Hall–Kier alpha value is -2.53. The molecule has 0 bridgehead atoms. The highest BCUT2D eigenvalue weighted by atomic mass is 32.2. The van der Waals surface area contributed by atoms with Crippen molar-refractivity contribution in [1.29, 1.82) is 5.26 Å². The molecule has 1 amide bonds. The molecule has 0 saturated carbocycles. The molecule has 2 N–H and O–H groups in total. The van der Waals surface area contributed by atoms with Crippen LogP contribution in [0.25, 0.3) is 16.8 Å². The maximum Gasteiger partial charge on any atom is 0.234 e. The largest absolute Gasteiger partial charge is 0.337 e. The summed E-state index contributed by atoms with van der Waals surface area (Å²) in [5.41, 5.74) is 0.909. The topological polar surface area (TPSA) is 98.9 Å². The highest BCUT2D eigenvalue weighted by Crippen LogP contribution is 2.26. The standard InChI is InChI=1S/C17H20N6OS/c1-10(2)17(4,9-18)20-14(24)11(3)25-16-22-21-15-19-12-7-5-6-8-13(12)23(15)16/h5-8,10-11H,1-4H3,(H,19,21)(H,20,24). The minimum absolute atomic E-state index is 0.00772. The Labute approximate surface area is 149 Å². The number of benzene rings is 1. The zero-order chi connectivity index (χ0) is 18.2. The highest BCUT2D eigenvalue weighted by molar-refractivity contribution is 8.00. The number of fused-ring (bicyclic) bond motifs is 3. The third kappa shape index (κ3) is 3.07. The summed E-state index contributed by atoms with van der Waals surface area (Å²) in [4.78, 5) is 17.0. The van der Waals surface area contributed by atoms with Gasteiger partial charge in [-0.15, -0.1) is 5.10 Å². The molecule has 0 aliphatic heterocycles. The zero-order valence-electron chi connectivity index (χ0n) is 14.6. The number of rotatable bonds is 5. The van der Waals surface area contributed by atoms with Gasteiger partial charge in [0.15, 0.2) is 5.16 Å². The van der Waals surface area contributed by atoms with Crippen LogP contribution in [0.2, 0.25) is 0 Å². The monoisotopic (exact) mass is 356 g/mol. The summed E-state index contributed by atoms with van der Waals surface area (Å²) < 4.78 is 1.90. The van der Waals surface area contributed by atoms with Crippen molar-refractivity contribution in [3.8, 4) is 6.07 Å². The summed E-state index contributed by atoms with van der Waals surface area (Å²) in [7, 11) is 0. The Morgan fingerprint density at radius 1 is 1.40 bits per heavy atom. The van der Waals surface area contributed by atoms with E-state index in [9.17, 15) is 10.1 Å². The maximum absolute atomic E-state index is 12.5. The average Bonchev–Trinajstić information content (AvgIpc) is 3.14. The Balaban J connectivity index is 1.84. The number of hydrogen-bond donors (Lipinski definition) is 2. The molecule has 8 heteroatoms. The van der Waals surface area contributed by atoms with E-state index in [4.69, 9.17) is 0 Å². The smallest absolute Gasteiger partial charge is 0.234 e. The van der Waals surface area contributed by atoms with Crippen LogP contribution in [0.3, 0.4) is 0 Å². The first-order valence-corrected chi connectivity index (χ1v) is 8.95. The number of amides is 1. The van der Waals surface area contributed by atoms with Gasteiger partial charge >= 0.3 is 0 Å². The van der Waals surface area contributed by atoms with Crippen LogP contribution in [0.4, 0.5) is 0 Å². The van der Waals surface area contributed by atoms with Crippen molar-refractivity contribution >= 4 is 34.5 Å². The van der Waals surface area contributed by atoms with Crippen LogP contribution >= 0.6 is 11.8 Å². The Kier molecular flexibility index (Phi) is 4.43. The third-order valence-electron chi connectivity index (χ3n) is 4.42. The molecule has 2 heterocycles. The van der Waals surface area contributed by atoms with Gasteiger partial charge < -0.3 is 5.32 Å². The number of aromatic nitrogens is 4. The van der Waals surface area contributed by atoms with Gasteiger partial charge in [-0.25, -0.2) is 10.1 Å². The molecule has 25 heavy (non-hydrogen) atoms. The molecule has 2 unspecified atom stereocenters. The maximum atomic E-state index is 12.5.